The SMILES string of the molecule is CCS(=O)(=O)NOCCOc1ccccc1. The van der Waals surface area contributed by atoms with E-state index in [0.717, 1.165) is 5.75 Å². The lowest BCUT2D eigenvalue weighted by Crippen LogP contribution is -2.27. The third kappa shape index (κ3) is 5.11. The van der Waals surface area contributed by atoms with Crippen LogP contribution in [-0.4, -0.2) is 27.4 Å². The van der Waals surface area contributed by atoms with Gasteiger partial charge in [0.1, 0.15) is 19.0 Å². The van der Waals surface area contributed by atoms with Crippen LogP contribution in [0.3, 0.4) is 0 Å². The van der Waals surface area contributed by atoms with E-state index in [1.165, 1.54) is 6.92 Å². The van der Waals surface area contributed by atoms with Crippen molar-refractivity contribution in [3.05, 3.63) is 30.3 Å². The summed E-state index contributed by atoms with van der Waals surface area (Å²) in [5.74, 6) is 0.719. The minimum Gasteiger partial charge on any atom is -0.491 e. The van der Waals surface area contributed by atoms with Gasteiger partial charge in [-0.15, -0.1) is 0 Å². The Morgan fingerprint density at radius 1 is 1.19 bits per heavy atom. The summed E-state index contributed by atoms with van der Waals surface area (Å²) >= 11 is 0. The molecule has 0 heterocycles. The summed E-state index contributed by atoms with van der Waals surface area (Å²) in [6, 6.07) is 9.23. The third-order valence-corrected chi connectivity index (χ3v) is 2.90. The number of rotatable bonds is 7. The third-order valence-electron chi connectivity index (χ3n) is 1.76. The quantitative estimate of drug-likeness (QED) is 0.573. The molecule has 0 bridgehead atoms. The van der Waals surface area contributed by atoms with Crippen molar-refractivity contribution in [1.82, 2.24) is 4.89 Å². The summed E-state index contributed by atoms with van der Waals surface area (Å²) in [7, 11) is -3.29. The summed E-state index contributed by atoms with van der Waals surface area (Å²) in [5, 5.41) is 0. The van der Waals surface area contributed by atoms with Gasteiger partial charge in [-0.1, -0.05) is 23.1 Å². The highest BCUT2D eigenvalue weighted by molar-refractivity contribution is 7.89. The van der Waals surface area contributed by atoms with Gasteiger partial charge in [-0.2, -0.15) is 0 Å². The van der Waals surface area contributed by atoms with E-state index in [4.69, 9.17) is 9.57 Å². The van der Waals surface area contributed by atoms with Gasteiger partial charge in [0, 0.05) is 0 Å². The van der Waals surface area contributed by atoms with E-state index in [2.05, 4.69) is 0 Å². The molecule has 0 radical (unpaired) electrons. The van der Waals surface area contributed by atoms with Crippen LogP contribution < -0.4 is 9.62 Å². The smallest absolute Gasteiger partial charge is 0.233 e. The Balaban J connectivity index is 2.14. The number of nitrogens with one attached hydrogen (secondary N) is 1. The molecule has 0 aliphatic rings. The maximum absolute atomic E-state index is 11.0. The van der Waals surface area contributed by atoms with Gasteiger partial charge in [-0.05, 0) is 19.1 Å². The molecule has 0 atom stereocenters. The molecule has 0 saturated heterocycles. The first kappa shape index (κ1) is 13.0. The maximum atomic E-state index is 11.0. The van der Waals surface area contributed by atoms with Gasteiger partial charge in [0.15, 0.2) is 0 Å². The van der Waals surface area contributed by atoms with Crippen molar-refractivity contribution in [1.29, 1.82) is 0 Å². The second kappa shape index (κ2) is 6.47. The van der Waals surface area contributed by atoms with E-state index in [1.807, 2.05) is 35.2 Å². The van der Waals surface area contributed by atoms with E-state index in [1.54, 1.807) is 0 Å². The molecule has 16 heavy (non-hydrogen) atoms. The standard InChI is InChI=1S/C10H15NO4S/c1-2-16(12,13)11-15-9-8-14-10-6-4-3-5-7-10/h3-7,11H,2,8-9H2,1H3. The monoisotopic (exact) mass is 245 g/mol. The highest BCUT2D eigenvalue weighted by Gasteiger charge is 2.04. The number of hydrogen-bond acceptors (Lipinski definition) is 4. The van der Waals surface area contributed by atoms with Crippen molar-refractivity contribution in [2.24, 2.45) is 0 Å². The van der Waals surface area contributed by atoms with E-state index < -0.39 is 10.0 Å². The average molecular weight is 245 g/mol. The Kier molecular flexibility index (Phi) is 5.24. The van der Waals surface area contributed by atoms with Crippen molar-refractivity contribution in [2.45, 2.75) is 6.92 Å². The van der Waals surface area contributed by atoms with Gasteiger partial charge in [-0.3, -0.25) is 4.84 Å². The van der Waals surface area contributed by atoms with Crippen LogP contribution in [0.4, 0.5) is 0 Å². The number of para-hydroxylation sites is 1. The van der Waals surface area contributed by atoms with Gasteiger partial charge in [0.2, 0.25) is 10.0 Å². The van der Waals surface area contributed by atoms with Crippen LogP contribution in [0, 0.1) is 0 Å². The molecule has 5 nitrogen and oxygen atoms in total. The van der Waals surface area contributed by atoms with Crippen LogP contribution >= 0.6 is 0 Å². The molecule has 1 aromatic carbocycles. The number of benzene rings is 1. The Labute approximate surface area is 95.4 Å². The average Bonchev–Trinajstić information content (AvgIpc) is 2.30. The van der Waals surface area contributed by atoms with Gasteiger partial charge >= 0.3 is 0 Å². The van der Waals surface area contributed by atoms with Gasteiger partial charge in [0.05, 0.1) is 5.75 Å². The van der Waals surface area contributed by atoms with E-state index in [0.29, 0.717) is 0 Å². The number of hydrogen-bond donors (Lipinski definition) is 1. The summed E-state index contributed by atoms with van der Waals surface area (Å²) in [4.78, 5) is 6.74. The van der Waals surface area contributed by atoms with Crippen molar-refractivity contribution in [2.75, 3.05) is 19.0 Å². The van der Waals surface area contributed by atoms with Crippen molar-refractivity contribution in [3.8, 4) is 5.75 Å². The molecule has 0 fully saturated rings. The second-order valence-electron chi connectivity index (χ2n) is 3.00. The summed E-state index contributed by atoms with van der Waals surface area (Å²) in [6.07, 6.45) is 0. The van der Waals surface area contributed by atoms with E-state index in [9.17, 15) is 8.42 Å². The number of sulfonamides is 1. The van der Waals surface area contributed by atoms with E-state index in [-0.39, 0.29) is 19.0 Å². The van der Waals surface area contributed by atoms with Crippen LogP contribution in [0.25, 0.3) is 0 Å². The molecule has 0 aliphatic heterocycles. The summed E-state index contributed by atoms with van der Waals surface area (Å²) in [5.41, 5.74) is 0. The molecule has 0 aliphatic carbocycles. The highest BCUT2D eigenvalue weighted by Crippen LogP contribution is 2.07. The maximum Gasteiger partial charge on any atom is 0.233 e. The van der Waals surface area contributed by atoms with Crippen LogP contribution in [0.2, 0.25) is 0 Å². The first-order valence-electron chi connectivity index (χ1n) is 4.93. The van der Waals surface area contributed by atoms with Gasteiger partial charge in [-0.25, -0.2) is 8.42 Å². The van der Waals surface area contributed by atoms with Crippen molar-refractivity contribution >= 4 is 10.0 Å². The fourth-order valence-corrected chi connectivity index (χ4v) is 1.29. The second-order valence-corrected chi connectivity index (χ2v) is 4.97. The van der Waals surface area contributed by atoms with Crippen LogP contribution in [0.5, 0.6) is 5.75 Å². The highest BCUT2D eigenvalue weighted by atomic mass is 32.2. The van der Waals surface area contributed by atoms with Crippen molar-refractivity contribution in [3.63, 3.8) is 0 Å². The first-order chi connectivity index (χ1) is 7.64. The van der Waals surface area contributed by atoms with Crippen LogP contribution in [-0.2, 0) is 14.9 Å². The Morgan fingerprint density at radius 2 is 1.88 bits per heavy atom. The number of ether oxygens (including phenoxy) is 1. The zero-order chi connectivity index (χ0) is 11.9. The Bertz CT molecular complexity index is 391. The normalized spacial score (nSPS) is 11.3. The Morgan fingerprint density at radius 3 is 2.50 bits per heavy atom. The zero-order valence-corrected chi connectivity index (χ0v) is 9.87. The van der Waals surface area contributed by atoms with Crippen LogP contribution in [0.15, 0.2) is 30.3 Å². The lowest BCUT2D eigenvalue weighted by molar-refractivity contribution is 0.0666. The molecule has 0 spiro atoms. The van der Waals surface area contributed by atoms with Crippen molar-refractivity contribution < 1.29 is 18.0 Å². The lowest BCUT2D eigenvalue weighted by atomic mass is 10.3. The molecular formula is C10H15NO4S. The molecule has 0 aromatic heterocycles. The lowest BCUT2D eigenvalue weighted by Gasteiger charge is -2.07. The minimum atomic E-state index is -3.29. The first-order valence-corrected chi connectivity index (χ1v) is 6.58. The van der Waals surface area contributed by atoms with Gasteiger partial charge < -0.3 is 4.74 Å². The summed E-state index contributed by atoms with van der Waals surface area (Å²) in [6.45, 7) is 1.98. The van der Waals surface area contributed by atoms with E-state index >= 15 is 0 Å². The topological polar surface area (TPSA) is 64.6 Å². The molecule has 0 saturated carbocycles. The molecule has 90 valence electrons. The predicted octanol–water partition coefficient (Wildman–Crippen LogP) is 0.936. The van der Waals surface area contributed by atoms with Crippen LogP contribution in [0.1, 0.15) is 6.92 Å². The zero-order valence-electron chi connectivity index (χ0n) is 9.05. The molecule has 0 unspecified atom stereocenters. The predicted molar refractivity (Wildman–Crippen MR) is 60.5 cm³/mol. The van der Waals surface area contributed by atoms with Gasteiger partial charge in [0.25, 0.3) is 0 Å². The Hall–Kier alpha value is -1.11. The molecule has 1 N–H and O–H groups in total. The molecule has 1 rings (SSSR count). The summed E-state index contributed by atoms with van der Waals surface area (Å²) < 4.78 is 27.2. The fraction of sp³-hybridized carbons (Fsp3) is 0.400. The fourth-order valence-electron chi connectivity index (χ4n) is 0.908. The molecule has 6 heteroatoms. The molecule has 0 amide bonds. The largest absolute Gasteiger partial charge is 0.491 e. The minimum absolute atomic E-state index is 0.00740. The molecule has 1 aromatic rings. The molecular weight excluding hydrogens is 230 g/mol.